The largest absolute Gasteiger partial charge is 0.332 e. The van der Waals surface area contributed by atoms with Crippen LogP contribution in [0.3, 0.4) is 0 Å². The summed E-state index contributed by atoms with van der Waals surface area (Å²) in [6, 6.07) is 0.365. The monoisotopic (exact) mass is 255 g/mol. The minimum absolute atomic E-state index is 0.135. The second-order valence-electron chi connectivity index (χ2n) is 5.71. The maximum Gasteiger partial charge on any atom is 0.254 e. The van der Waals surface area contributed by atoms with Crippen LogP contribution in [0.1, 0.15) is 40.5 Å². The molecule has 2 unspecified atom stereocenters. The maximum atomic E-state index is 12.5. The lowest BCUT2D eigenvalue weighted by atomic mass is 9.96. The summed E-state index contributed by atoms with van der Waals surface area (Å²) in [5.74, 6) is -0.135. The molecule has 1 rings (SSSR count). The van der Waals surface area contributed by atoms with Gasteiger partial charge in [0.25, 0.3) is 5.91 Å². The Labute approximate surface area is 109 Å². The predicted octanol–water partition coefficient (Wildman–Crippen LogP) is 1.86. The lowest BCUT2D eigenvalue weighted by molar-refractivity contribution is -0.144. The predicted molar refractivity (Wildman–Crippen MR) is 72.4 cm³/mol. The van der Waals surface area contributed by atoms with E-state index >= 15 is 0 Å². The average molecular weight is 255 g/mol. The molecule has 0 bridgehead atoms. The van der Waals surface area contributed by atoms with Crippen LogP contribution in [0.25, 0.3) is 0 Å². The zero-order chi connectivity index (χ0) is 13.9. The van der Waals surface area contributed by atoms with E-state index in [1.165, 1.54) is 0 Å². The van der Waals surface area contributed by atoms with Crippen LogP contribution < -0.4 is 0 Å². The zero-order valence-corrected chi connectivity index (χ0v) is 12.1. The highest BCUT2D eigenvalue weighted by Gasteiger charge is 2.41. The van der Waals surface area contributed by atoms with E-state index in [0.717, 1.165) is 25.9 Å². The third kappa shape index (κ3) is 2.88. The Morgan fingerprint density at radius 2 is 1.67 bits per heavy atom. The van der Waals surface area contributed by atoms with Gasteiger partial charge in [-0.3, -0.25) is 4.79 Å². The van der Waals surface area contributed by atoms with E-state index in [2.05, 4.69) is 31.0 Å². The van der Waals surface area contributed by atoms with E-state index in [0.29, 0.717) is 0 Å². The lowest BCUT2D eigenvalue weighted by Crippen LogP contribution is -2.62. The van der Waals surface area contributed by atoms with Crippen LogP contribution in [0.4, 0.5) is 0 Å². The molecule has 18 heavy (non-hydrogen) atoms. The summed E-state index contributed by atoms with van der Waals surface area (Å²) in [5, 5.41) is 3.00. The fraction of sp³-hybridized carbons (Fsp3) is 0.923. The number of piperazine rings is 1. The molecule has 0 radical (unpaired) electrons. The molecule has 0 spiro atoms. The number of likely N-dealkylation sites (N-methyl/N-ethyl adjacent to an activating group) is 1. The van der Waals surface area contributed by atoms with Crippen molar-refractivity contribution in [3.05, 3.63) is 4.91 Å². The smallest absolute Gasteiger partial charge is 0.254 e. The summed E-state index contributed by atoms with van der Waals surface area (Å²) >= 11 is 0. The number of carbonyl (C=O) groups excluding carboxylic acids is 1. The first kappa shape index (κ1) is 15.1. The minimum atomic E-state index is -1.16. The lowest BCUT2D eigenvalue weighted by Gasteiger charge is -2.47. The molecule has 0 aromatic heterocycles. The van der Waals surface area contributed by atoms with Gasteiger partial charge in [0.05, 0.1) is 0 Å². The first-order chi connectivity index (χ1) is 8.37. The Balaban J connectivity index is 2.99. The van der Waals surface area contributed by atoms with Crippen LogP contribution in [0.15, 0.2) is 5.18 Å². The third-order valence-corrected chi connectivity index (χ3v) is 3.76. The topological polar surface area (TPSA) is 53.0 Å². The van der Waals surface area contributed by atoms with Gasteiger partial charge in [0.1, 0.15) is 0 Å². The van der Waals surface area contributed by atoms with Gasteiger partial charge in [-0.25, -0.2) is 0 Å². The molecule has 0 saturated carbocycles. The summed E-state index contributed by atoms with van der Waals surface area (Å²) in [6.07, 6.45) is 1.81. The van der Waals surface area contributed by atoms with E-state index in [4.69, 9.17) is 0 Å². The molecule has 1 aliphatic rings. The first-order valence-corrected chi connectivity index (χ1v) is 6.73. The second-order valence-corrected chi connectivity index (χ2v) is 5.71. The van der Waals surface area contributed by atoms with E-state index in [9.17, 15) is 9.70 Å². The Morgan fingerprint density at radius 1 is 1.22 bits per heavy atom. The normalized spacial score (nSPS) is 26.2. The summed E-state index contributed by atoms with van der Waals surface area (Å²) in [7, 11) is 2.08. The molecule has 0 aliphatic carbocycles. The Morgan fingerprint density at radius 3 is 2.00 bits per heavy atom. The number of carbonyl (C=O) groups is 1. The highest BCUT2D eigenvalue weighted by molar-refractivity contribution is 5.86. The highest BCUT2D eigenvalue weighted by Crippen LogP contribution is 2.24. The number of amides is 1. The first-order valence-electron chi connectivity index (χ1n) is 6.73. The summed E-state index contributed by atoms with van der Waals surface area (Å²) in [5.41, 5.74) is -1.16. The molecule has 1 fully saturated rings. The van der Waals surface area contributed by atoms with E-state index in [-0.39, 0.29) is 18.0 Å². The van der Waals surface area contributed by atoms with Gasteiger partial charge in [-0.15, -0.1) is 4.91 Å². The third-order valence-electron chi connectivity index (χ3n) is 3.76. The number of hydrogen-bond acceptors (Lipinski definition) is 4. The van der Waals surface area contributed by atoms with Crippen molar-refractivity contribution in [3.63, 3.8) is 0 Å². The fourth-order valence-electron chi connectivity index (χ4n) is 2.61. The number of rotatable bonds is 4. The van der Waals surface area contributed by atoms with E-state index < -0.39 is 5.54 Å². The second kappa shape index (κ2) is 5.78. The molecule has 1 amide bonds. The molecule has 2 atom stereocenters. The van der Waals surface area contributed by atoms with E-state index in [1.807, 2.05) is 4.90 Å². The molecular formula is C13H25N3O2. The molecule has 5 nitrogen and oxygen atoms in total. The molecule has 104 valence electrons. The van der Waals surface area contributed by atoms with E-state index in [1.54, 1.807) is 13.8 Å². The van der Waals surface area contributed by atoms with Crippen molar-refractivity contribution in [2.45, 2.75) is 58.2 Å². The van der Waals surface area contributed by atoms with Gasteiger partial charge in [-0.05, 0) is 33.7 Å². The molecule has 0 N–H and O–H groups in total. The molecule has 0 aromatic carbocycles. The SMILES string of the molecule is CCC1CN(C)CC(CC)N1C(=O)C(C)(C)N=O. The van der Waals surface area contributed by atoms with Gasteiger partial charge in [-0.2, -0.15) is 0 Å². The molecule has 1 saturated heterocycles. The fourth-order valence-corrected chi connectivity index (χ4v) is 2.61. The molecular weight excluding hydrogens is 230 g/mol. The van der Waals surface area contributed by atoms with Crippen LogP contribution in [-0.4, -0.2) is 53.5 Å². The van der Waals surface area contributed by atoms with Crippen LogP contribution in [0.5, 0.6) is 0 Å². The number of nitroso groups, excluding NO2 is 1. The van der Waals surface area contributed by atoms with Crippen molar-refractivity contribution in [2.24, 2.45) is 5.18 Å². The van der Waals surface area contributed by atoms with Crippen molar-refractivity contribution in [3.8, 4) is 0 Å². The molecule has 1 heterocycles. The van der Waals surface area contributed by atoms with Crippen molar-refractivity contribution in [1.82, 2.24) is 9.80 Å². The van der Waals surface area contributed by atoms with Gasteiger partial charge < -0.3 is 9.80 Å². The highest BCUT2D eigenvalue weighted by atomic mass is 16.3. The van der Waals surface area contributed by atoms with Crippen molar-refractivity contribution >= 4 is 5.91 Å². The van der Waals surface area contributed by atoms with Gasteiger partial charge in [0.2, 0.25) is 0 Å². The molecule has 5 heteroatoms. The number of nitrogens with zero attached hydrogens (tertiary/aromatic N) is 3. The van der Waals surface area contributed by atoms with Gasteiger partial charge >= 0.3 is 0 Å². The van der Waals surface area contributed by atoms with Crippen LogP contribution in [0.2, 0.25) is 0 Å². The van der Waals surface area contributed by atoms with Gasteiger partial charge in [0.15, 0.2) is 5.54 Å². The average Bonchev–Trinajstić information content (AvgIpc) is 2.36. The van der Waals surface area contributed by atoms with Crippen LogP contribution >= 0.6 is 0 Å². The quantitative estimate of drug-likeness (QED) is 0.721. The van der Waals surface area contributed by atoms with Crippen LogP contribution in [0, 0.1) is 4.91 Å². The summed E-state index contributed by atoms with van der Waals surface area (Å²) in [4.78, 5) is 27.5. The Bertz CT molecular complexity index is 303. The summed E-state index contributed by atoms with van der Waals surface area (Å²) in [6.45, 7) is 9.10. The van der Waals surface area contributed by atoms with Gasteiger partial charge in [-0.1, -0.05) is 19.0 Å². The van der Waals surface area contributed by atoms with Crippen molar-refractivity contribution < 1.29 is 4.79 Å². The van der Waals surface area contributed by atoms with Gasteiger partial charge in [0, 0.05) is 25.2 Å². The standard InChI is InChI=1S/C13H25N3O2/c1-6-10-8-15(5)9-11(7-2)16(10)12(17)13(3,4)14-18/h10-11H,6-9H2,1-5H3. The Kier molecular flexibility index (Phi) is 4.85. The maximum absolute atomic E-state index is 12.5. The Hall–Kier alpha value is -0.970. The van der Waals surface area contributed by atoms with Crippen molar-refractivity contribution in [1.29, 1.82) is 0 Å². The summed E-state index contributed by atoms with van der Waals surface area (Å²) < 4.78 is 0. The molecule has 1 aliphatic heterocycles. The molecule has 0 aromatic rings. The van der Waals surface area contributed by atoms with Crippen molar-refractivity contribution in [2.75, 3.05) is 20.1 Å². The number of hydrogen-bond donors (Lipinski definition) is 0. The van der Waals surface area contributed by atoms with Crippen LogP contribution in [-0.2, 0) is 4.79 Å². The minimum Gasteiger partial charge on any atom is -0.332 e. The zero-order valence-electron chi connectivity index (χ0n) is 12.1.